The van der Waals surface area contributed by atoms with Gasteiger partial charge < -0.3 is 5.32 Å². The summed E-state index contributed by atoms with van der Waals surface area (Å²) in [6, 6.07) is 16.4. The number of nitrogens with one attached hydrogen (secondary N) is 1. The van der Waals surface area contributed by atoms with Gasteiger partial charge in [0.25, 0.3) is 0 Å². The van der Waals surface area contributed by atoms with Gasteiger partial charge in [0.15, 0.2) is 0 Å². The molecule has 0 radical (unpaired) electrons. The van der Waals surface area contributed by atoms with Crippen molar-refractivity contribution in [2.45, 2.75) is 55.9 Å². The molecule has 37 heavy (non-hydrogen) atoms. The molecule has 4 rings (SSSR count). The first-order valence-corrected chi connectivity index (χ1v) is 14.3. The van der Waals surface area contributed by atoms with E-state index in [1.54, 1.807) is 12.1 Å². The number of piperidine rings is 1. The Morgan fingerprint density at radius 2 is 1.68 bits per heavy atom. The van der Waals surface area contributed by atoms with Crippen LogP contribution in [0, 0.1) is 18.7 Å². The highest BCUT2D eigenvalue weighted by molar-refractivity contribution is 7.91. The molecule has 0 spiro atoms. The molecule has 0 saturated carbocycles. The van der Waals surface area contributed by atoms with Crippen molar-refractivity contribution in [2.24, 2.45) is 5.92 Å². The van der Waals surface area contributed by atoms with Crippen molar-refractivity contribution >= 4 is 33.0 Å². The number of benzene rings is 3. The maximum Gasteiger partial charge on any atom is 0.226 e. The standard InChI is InChI=1S/C29H32ClFN2O3S/c1-19(2)29(34)32-23-7-4-20(3)26(16-23)22-12-14-33(15-13-22)18-21-5-8-24(9-6-21)37(35,36)25-10-11-28(31)27(30)17-25/h4-11,16-17,19,22H,12-15,18H2,1-3H3,(H,32,34). The Bertz CT molecular complexity index is 1380. The molecule has 3 aromatic carbocycles. The van der Waals surface area contributed by atoms with Crippen LogP contribution in [0.3, 0.4) is 0 Å². The van der Waals surface area contributed by atoms with Gasteiger partial charge in [0.2, 0.25) is 15.7 Å². The summed E-state index contributed by atoms with van der Waals surface area (Å²) >= 11 is 5.78. The topological polar surface area (TPSA) is 66.5 Å². The minimum Gasteiger partial charge on any atom is -0.326 e. The highest BCUT2D eigenvalue weighted by atomic mass is 35.5. The van der Waals surface area contributed by atoms with Crippen LogP contribution >= 0.6 is 11.6 Å². The van der Waals surface area contributed by atoms with Crippen molar-refractivity contribution in [3.63, 3.8) is 0 Å². The van der Waals surface area contributed by atoms with Crippen LogP contribution in [0.25, 0.3) is 0 Å². The van der Waals surface area contributed by atoms with E-state index < -0.39 is 15.7 Å². The summed E-state index contributed by atoms with van der Waals surface area (Å²) in [7, 11) is -3.78. The number of hydrogen-bond donors (Lipinski definition) is 1. The Balaban J connectivity index is 1.37. The van der Waals surface area contributed by atoms with Gasteiger partial charge in [0.1, 0.15) is 5.82 Å². The number of rotatable bonds is 7. The van der Waals surface area contributed by atoms with Gasteiger partial charge >= 0.3 is 0 Å². The number of carbonyl (C=O) groups excluding carboxylic acids is 1. The van der Waals surface area contributed by atoms with Crippen LogP contribution in [0.5, 0.6) is 0 Å². The molecule has 1 N–H and O–H groups in total. The first-order chi connectivity index (χ1) is 17.5. The number of halogens is 2. The number of sulfone groups is 1. The van der Waals surface area contributed by atoms with Gasteiger partial charge in [-0.1, -0.05) is 43.6 Å². The highest BCUT2D eigenvalue weighted by Crippen LogP contribution is 2.33. The average molecular weight is 543 g/mol. The van der Waals surface area contributed by atoms with E-state index in [9.17, 15) is 17.6 Å². The average Bonchev–Trinajstić information content (AvgIpc) is 2.87. The van der Waals surface area contributed by atoms with Crippen LogP contribution in [0.15, 0.2) is 70.5 Å². The molecular weight excluding hydrogens is 511 g/mol. The molecule has 0 atom stereocenters. The largest absolute Gasteiger partial charge is 0.326 e. The van der Waals surface area contributed by atoms with E-state index in [2.05, 4.69) is 29.3 Å². The van der Waals surface area contributed by atoms with Crippen molar-refractivity contribution in [1.29, 1.82) is 0 Å². The quantitative estimate of drug-likeness (QED) is 0.342. The first kappa shape index (κ1) is 27.3. The fraction of sp³-hybridized carbons (Fsp3) is 0.345. The summed E-state index contributed by atoms with van der Waals surface area (Å²) in [5.41, 5.74) is 4.40. The Morgan fingerprint density at radius 3 is 2.30 bits per heavy atom. The molecule has 8 heteroatoms. The summed E-state index contributed by atoms with van der Waals surface area (Å²) in [6.45, 7) is 8.48. The summed E-state index contributed by atoms with van der Waals surface area (Å²) in [6.07, 6.45) is 2.03. The predicted molar refractivity (Wildman–Crippen MR) is 145 cm³/mol. The lowest BCUT2D eigenvalue weighted by molar-refractivity contribution is -0.118. The molecule has 1 aliphatic rings. The molecule has 0 unspecified atom stereocenters. The number of likely N-dealkylation sites (tertiary alicyclic amines) is 1. The molecule has 0 aliphatic carbocycles. The molecule has 1 heterocycles. The molecule has 1 aliphatic heterocycles. The highest BCUT2D eigenvalue weighted by Gasteiger charge is 2.23. The predicted octanol–water partition coefficient (Wildman–Crippen LogP) is 6.59. The normalized spacial score (nSPS) is 15.2. The van der Waals surface area contributed by atoms with Gasteiger partial charge in [-0.05, 0) is 97.9 Å². The SMILES string of the molecule is Cc1ccc(NC(=O)C(C)C)cc1C1CCN(Cc2ccc(S(=O)(=O)c3ccc(F)c(Cl)c3)cc2)CC1. The van der Waals surface area contributed by atoms with Crippen molar-refractivity contribution < 1.29 is 17.6 Å². The van der Waals surface area contributed by atoms with E-state index >= 15 is 0 Å². The van der Waals surface area contributed by atoms with Crippen molar-refractivity contribution in [3.8, 4) is 0 Å². The van der Waals surface area contributed by atoms with Gasteiger partial charge in [-0.3, -0.25) is 9.69 Å². The monoisotopic (exact) mass is 542 g/mol. The second-order valence-electron chi connectivity index (χ2n) is 9.99. The lowest BCUT2D eigenvalue weighted by atomic mass is 9.86. The first-order valence-electron chi connectivity index (χ1n) is 12.5. The molecule has 5 nitrogen and oxygen atoms in total. The smallest absolute Gasteiger partial charge is 0.226 e. The Morgan fingerprint density at radius 1 is 1.03 bits per heavy atom. The summed E-state index contributed by atoms with van der Waals surface area (Å²) < 4.78 is 39.2. The summed E-state index contributed by atoms with van der Waals surface area (Å²) in [5, 5.41) is 2.79. The van der Waals surface area contributed by atoms with Crippen molar-refractivity contribution in [1.82, 2.24) is 4.90 Å². The zero-order chi connectivity index (χ0) is 26.7. The van der Waals surface area contributed by atoms with Crippen LogP contribution in [-0.4, -0.2) is 32.3 Å². The number of hydrogen-bond acceptors (Lipinski definition) is 4. The van der Waals surface area contributed by atoms with Gasteiger partial charge in [0, 0.05) is 18.2 Å². The zero-order valence-corrected chi connectivity index (χ0v) is 22.9. The van der Waals surface area contributed by atoms with Crippen LogP contribution in [0.4, 0.5) is 10.1 Å². The van der Waals surface area contributed by atoms with Crippen LogP contribution in [-0.2, 0) is 21.2 Å². The zero-order valence-electron chi connectivity index (χ0n) is 21.3. The van der Waals surface area contributed by atoms with Gasteiger partial charge in [0.05, 0.1) is 14.8 Å². The maximum absolute atomic E-state index is 13.4. The Kier molecular flexibility index (Phi) is 8.36. The van der Waals surface area contributed by atoms with E-state index in [1.807, 2.05) is 32.0 Å². The summed E-state index contributed by atoms with van der Waals surface area (Å²) in [4.78, 5) is 14.6. The van der Waals surface area contributed by atoms with Crippen LogP contribution in [0.2, 0.25) is 5.02 Å². The molecule has 0 bridgehead atoms. The van der Waals surface area contributed by atoms with Crippen molar-refractivity contribution in [3.05, 3.63) is 88.2 Å². The number of carbonyl (C=O) groups is 1. The second kappa shape index (κ2) is 11.3. The fourth-order valence-corrected chi connectivity index (χ4v) is 6.19. The minimum atomic E-state index is -3.78. The number of anilines is 1. The van der Waals surface area contributed by atoms with E-state index in [0.717, 1.165) is 55.9 Å². The third kappa shape index (κ3) is 6.40. The molecule has 196 valence electrons. The van der Waals surface area contributed by atoms with Gasteiger partial charge in [-0.25, -0.2) is 12.8 Å². The lowest BCUT2D eigenvalue weighted by Gasteiger charge is -2.33. The third-order valence-electron chi connectivity index (χ3n) is 6.94. The second-order valence-corrected chi connectivity index (χ2v) is 12.3. The van der Waals surface area contributed by atoms with E-state index in [4.69, 9.17) is 11.6 Å². The Labute approximate surface area is 223 Å². The van der Waals surface area contributed by atoms with Gasteiger partial charge in [-0.15, -0.1) is 0 Å². The molecular formula is C29H32ClFN2O3S. The molecule has 3 aromatic rings. The fourth-order valence-electron chi connectivity index (χ4n) is 4.66. The minimum absolute atomic E-state index is 0.0184. The van der Waals surface area contributed by atoms with E-state index in [0.29, 0.717) is 5.92 Å². The third-order valence-corrected chi connectivity index (χ3v) is 9.00. The summed E-state index contributed by atoms with van der Waals surface area (Å²) in [5.74, 6) is -0.267. The van der Waals surface area contributed by atoms with Crippen LogP contribution < -0.4 is 5.32 Å². The molecule has 1 amide bonds. The maximum atomic E-state index is 13.4. The van der Waals surface area contributed by atoms with Crippen molar-refractivity contribution in [2.75, 3.05) is 18.4 Å². The molecule has 1 saturated heterocycles. The Hall–Kier alpha value is -2.74. The van der Waals surface area contributed by atoms with Gasteiger partial charge in [-0.2, -0.15) is 0 Å². The number of nitrogens with zero attached hydrogens (tertiary/aromatic N) is 1. The lowest BCUT2D eigenvalue weighted by Crippen LogP contribution is -2.32. The van der Waals surface area contributed by atoms with Crippen LogP contribution in [0.1, 0.15) is 49.3 Å². The number of amides is 1. The molecule has 0 aromatic heterocycles. The van der Waals surface area contributed by atoms with E-state index in [1.165, 1.54) is 17.2 Å². The van der Waals surface area contributed by atoms with E-state index in [-0.39, 0.29) is 26.6 Å². The molecule has 1 fully saturated rings. The number of aryl methyl sites for hydroxylation is 1.